The fourth-order valence-corrected chi connectivity index (χ4v) is 3.58. The Balaban J connectivity index is 1.88. The predicted molar refractivity (Wildman–Crippen MR) is 100 cm³/mol. The van der Waals surface area contributed by atoms with E-state index in [9.17, 15) is 4.39 Å². The maximum Gasteiger partial charge on any atom is 0.123 e. The van der Waals surface area contributed by atoms with Crippen LogP contribution in [-0.2, 0) is 0 Å². The molecule has 4 heteroatoms. The van der Waals surface area contributed by atoms with Crippen molar-refractivity contribution in [2.75, 3.05) is 26.2 Å². The lowest BCUT2D eigenvalue weighted by atomic mass is 9.96. The SMILES string of the molecule is CC(C)N1CCN(C(c2ccc(F)cc2)c2ccc(S)cc2)CC1. The van der Waals surface area contributed by atoms with Gasteiger partial charge in [0.25, 0.3) is 0 Å². The highest BCUT2D eigenvalue weighted by Crippen LogP contribution is 2.30. The highest BCUT2D eigenvalue weighted by molar-refractivity contribution is 7.80. The highest BCUT2D eigenvalue weighted by atomic mass is 32.1. The van der Waals surface area contributed by atoms with Gasteiger partial charge in [0.05, 0.1) is 6.04 Å². The van der Waals surface area contributed by atoms with Crippen LogP contribution in [0.4, 0.5) is 4.39 Å². The first-order valence-electron chi connectivity index (χ1n) is 8.57. The molecule has 1 saturated heterocycles. The molecule has 1 fully saturated rings. The first kappa shape index (κ1) is 17.5. The van der Waals surface area contributed by atoms with Crippen LogP contribution in [0.5, 0.6) is 0 Å². The normalized spacial score (nSPS) is 18.0. The minimum Gasteiger partial charge on any atom is -0.298 e. The molecule has 1 heterocycles. The van der Waals surface area contributed by atoms with Crippen molar-refractivity contribution >= 4 is 12.6 Å². The summed E-state index contributed by atoms with van der Waals surface area (Å²) in [6.07, 6.45) is 0. The van der Waals surface area contributed by atoms with Gasteiger partial charge in [-0.05, 0) is 49.2 Å². The second-order valence-electron chi connectivity index (χ2n) is 6.71. The van der Waals surface area contributed by atoms with Gasteiger partial charge in [-0.3, -0.25) is 9.80 Å². The Bertz CT molecular complexity index is 601. The third kappa shape index (κ3) is 4.00. The number of hydrogen-bond donors (Lipinski definition) is 1. The second kappa shape index (κ2) is 7.68. The van der Waals surface area contributed by atoms with E-state index in [1.54, 1.807) is 12.1 Å². The molecule has 128 valence electrons. The van der Waals surface area contributed by atoms with Crippen LogP contribution < -0.4 is 0 Å². The van der Waals surface area contributed by atoms with Gasteiger partial charge in [-0.25, -0.2) is 4.39 Å². The monoisotopic (exact) mass is 344 g/mol. The van der Waals surface area contributed by atoms with Crippen molar-refractivity contribution in [2.45, 2.75) is 30.8 Å². The number of rotatable bonds is 4. The smallest absolute Gasteiger partial charge is 0.123 e. The summed E-state index contributed by atoms with van der Waals surface area (Å²) in [5, 5.41) is 0. The Morgan fingerprint density at radius 2 is 1.25 bits per heavy atom. The summed E-state index contributed by atoms with van der Waals surface area (Å²) in [6, 6.07) is 16.0. The van der Waals surface area contributed by atoms with E-state index >= 15 is 0 Å². The molecule has 0 radical (unpaired) electrons. The Hall–Kier alpha value is -1.36. The standard InChI is InChI=1S/C20H25FN2S/c1-15(2)22-11-13-23(14-12-22)20(16-3-7-18(21)8-4-16)17-5-9-19(24)10-6-17/h3-10,15,20,24H,11-14H2,1-2H3. The van der Waals surface area contributed by atoms with Crippen LogP contribution >= 0.6 is 12.6 Å². The number of piperazine rings is 1. The lowest BCUT2D eigenvalue weighted by Gasteiger charge is -2.41. The first-order chi connectivity index (χ1) is 11.5. The minimum atomic E-state index is -0.187. The molecule has 0 amide bonds. The van der Waals surface area contributed by atoms with Crippen LogP contribution in [0, 0.1) is 5.82 Å². The van der Waals surface area contributed by atoms with Crippen LogP contribution in [0.2, 0.25) is 0 Å². The van der Waals surface area contributed by atoms with Gasteiger partial charge < -0.3 is 0 Å². The van der Waals surface area contributed by atoms with Crippen molar-refractivity contribution < 1.29 is 4.39 Å². The summed E-state index contributed by atoms with van der Waals surface area (Å²) in [6.45, 7) is 8.67. The maximum atomic E-state index is 13.4. The van der Waals surface area contributed by atoms with Gasteiger partial charge in [-0.15, -0.1) is 12.6 Å². The molecule has 2 aromatic carbocycles. The van der Waals surface area contributed by atoms with Gasteiger partial charge >= 0.3 is 0 Å². The third-order valence-corrected chi connectivity index (χ3v) is 5.14. The summed E-state index contributed by atoms with van der Waals surface area (Å²) >= 11 is 4.39. The van der Waals surface area contributed by atoms with Crippen LogP contribution in [0.15, 0.2) is 53.4 Å². The van der Waals surface area contributed by atoms with E-state index < -0.39 is 0 Å². The number of hydrogen-bond acceptors (Lipinski definition) is 3. The molecule has 0 saturated carbocycles. The highest BCUT2D eigenvalue weighted by Gasteiger charge is 2.27. The summed E-state index contributed by atoms with van der Waals surface area (Å²) in [5.41, 5.74) is 2.37. The third-order valence-electron chi connectivity index (χ3n) is 4.84. The van der Waals surface area contributed by atoms with E-state index in [0.717, 1.165) is 36.6 Å². The van der Waals surface area contributed by atoms with Crippen molar-refractivity contribution in [1.29, 1.82) is 0 Å². The minimum absolute atomic E-state index is 0.161. The van der Waals surface area contributed by atoms with E-state index in [2.05, 4.69) is 48.4 Å². The first-order valence-corrected chi connectivity index (χ1v) is 9.02. The molecule has 1 atom stereocenters. The molecule has 0 spiro atoms. The average Bonchev–Trinajstić information content (AvgIpc) is 2.59. The quantitative estimate of drug-likeness (QED) is 0.829. The molecule has 2 aromatic rings. The van der Waals surface area contributed by atoms with Crippen LogP contribution in [0.1, 0.15) is 31.0 Å². The summed E-state index contributed by atoms with van der Waals surface area (Å²) < 4.78 is 13.4. The molecule has 0 aliphatic carbocycles. The Labute approximate surface area is 149 Å². The van der Waals surface area contributed by atoms with E-state index in [1.165, 1.54) is 5.56 Å². The largest absolute Gasteiger partial charge is 0.298 e. The summed E-state index contributed by atoms with van der Waals surface area (Å²) in [4.78, 5) is 5.97. The fourth-order valence-electron chi connectivity index (χ4n) is 3.43. The van der Waals surface area contributed by atoms with Crippen LogP contribution in [0.3, 0.4) is 0 Å². The van der Waals surface area contributed by atoms with Crippen LogP contribution in [0.25, 0.3) is 0 Å². The second-order valence-corrected chi connectivity index (χ2v) is 7.23. The Kier molecular flexibility index (Phi) is 5.59. The predicted octanol–water partition coefficient (Wildman–Crippen LogP) is 4.23. The molecule has 1 aliphatic rings. The van der Waals surface area contributed by atoms with Gasteiger partial charge in [0.1, 0.15) is 5.82 Å². The van der Waals surface area contributed by atoms with Crippen molar-refractivity contribution in [2.24, 2.45) is 0 Å². The van der Waals surface area contributed by atoms with Crippen molar-refractivity contribution in [3.05, 3.63) is 65.5 Å². The zero-order valence-corrected chi connectivity index (χ0v) is 15.2. The molecule has 24 heavy (non-hydrogen) atoms. The van der Waals surface area contributed by atoms with Crippen LogP contribution in [-0.4, -0.2) is 42.0 Å². The average molecular weight is 344 g/mol. The summed E-state index contributed by atoms with van der Waals surface area (Å²) in [7, 11) is 0. The zero-order valence-electron chi connectivity index (χ0n) is 14.3. The lowest BCUT2D eigenvalue weighted by Crippen LogP contribution is -2.49. The van der Waals surface area contributed by atoms with E-state index in [-0.39, 0.29) is 11.9 Å². The topological polar surface area (TPSA) is 6.48 Å². The molecule has 0 bridgehead atoms. The van der Waals surface area contributed by atoms with Crippen molar-refractivity contribution in [3.8, 4) is 0 Å². The molecule has 1 unspecified atom stereocenters. The zero-order chi connectivity index (χ0) is 17.1. The molecule has 1 aliphatic heterocycles. The van der Waals surface area contributed by atoms with Crippen molar-refractivity contribution in [3.63, 3.8) is 0 Å². The summed E-state index contributed by atoms with van der Waals surface area (Å²) in [5.74, 6) is -0.187. The number of nitrogens with zero attached hydrogens (tertiary/aromatic N) is 2. The molecular weight excluding hydrogens is 319 g/mol. The molecule has 2 nitrogen and oxygen atoms in total. The maximum absolute atomic E-state index is 13.4. The Morgan fingerprint density at radius 1 is 0.792 bits per heavy atom. The van der Waals surface area contributed by atoms with Gasteiger partial charge in [0.15, 0.2) is 0 Å². The molecular formula is C20H25FN2S. The lowest BCUT2D eigenvalue weighted by molar-refractivity contribution is 0.0892. The van der Waals surface area contributed by atoms with Crippen molar-refractivity contribution in [1.82, 2.24) is 9.80 Å². The van der Waals surface area contributed by atoms with Gasteiger partial charge in [-0.1, -0.05) is 24.3 Å². The van der Waals surface area contributed by atoms with Gasteiger partial charge in [-0.2, -0.15) is 0 Å². The number of thiol groups is 1. The van der Waals surface area contributed by atoms with E-state index in [4.69, 9.17) is 0 Å². The number of benzene rings is 2. The van der Waals surface area contributed by atoms with E-state index in [1.807, 2.05) is 24.3 Å². The Morgan fingerprint density at radius 3 is 1.75 bits per heavy atom. The van der Waals surface area contributed by atoms with Gasteiger partial charge in [0.2, 0.25) is 0 Å². The van der Waals surface area contributed by atoms with Gasteiger partial charge in [0, 0.05) is 37.1 Å². The number of halogens is 1. The molecule has 3 rings (SSSR count). The van der Waals surface area contributed by atoms with E-state index in [0.29, 0.717) is 6.04 Å². The molecule has 0 aromatic heterocycles. The fraction of sp³-hybridized carbons (Fsp3) is 0.400. The molecule has 0 N–H and O–H groups in total.